The van der Waals surface area contributed by atoms with Gasteiger partial charge in [-0.1, -0.05) is 24.3 Å². The third-order valence-corrected chi connectivity index (χ3v) is 5.32. The molecule has 3 aromatic heterocycles. The van der Waals surface area contributed by atoms with E-state index in [0.29, 0.717) is 12.4 Å². The van der Waals surface area contributed by atoms with Crippen LogP contribution >= 0.6 is 0 Å². The molecule has 0 aliphatic heterocycles. The second kappa shape index (κ2) is 7.65. The molecule has 1 atom stereocenters. The van der Waals surface area contributed by atoms with Gasteiger partial charge in [-0.25, -0.2) is 0 Å². The minimum atomic E-state index is -0.119. The van der Waals surface area contributed by atoms with Gasteiger partial charge in [0.05, 0.1) is 11.7 Å². The Morgan fingerprint density at radius 1 is 1.03 bits per heavy atom. The number of nitrogens with two attached hydrogens (primary N) is 1. The SMILES string of the molecule is Cc1[nH]nc2ccc(-c3cncc(OC[C@H](N)Cc4cc5ccccc5[nH]4)c3)cc12. The summed E-state index contributed by atoms with van der Waals surface area (Å²) in [4.78, 5) is 7.76. The van der Waals surface area contributed by atoms with E-state index in [4.69, 9.17) is 10.5 Å². The zero-order valence-electron chi connectivity index (χ0n) is 16.7. The van der Waals surface area contributed by atoms with Crippen LogP contribution in [0.5, 0.6) is 5.75 Å². The van der Waals surface area contributed by atoms with Gasteiger partial charge in [0.1, 0.15) is 12.4 Å². The lowest BCUT2D eigenvalue weighted by molar-refractivity contribution is 0.286. The quantitative estimate of drug-likeness (QED) is 0.397. The first-order valence-electron chi connectivity index (χ1n) is 10.0. The van der Waals surface area contributed by atoms with Crippen LogP contribution < -0.4 is 10.5 Å². The van der Waals surface area contributed by atoms with Gasteiger partial charge in [0.15, 0.2) is 0 Å². The second-order valence-corrected chi connectivity index (χ2v) is 7.65. The molecule has 0 fully saturated rings. The highest BCUT2D eigenvalue weighted by Crippen LogP contribution is 2.27. The van der Waals surface area contributed by atoms with Crippen molar-refractivity contribution in [3.63, 3.8) is 0 Å². The second-order valence-electron chi connectivity index (χ2n) is 7.65. The maximum atomic E-state index is 6.32. The number of aryl methyl sites for hydroxylation is 1. The highest BCUT2D eigenvalue weighted by Gasteiger charge is 2.10. The number of nitrogens with one attached hydrogen (secondary N) is 2. The molecule has 2 aromatic carbocycles. The molecular weight excluding hydrogens is 374 g/mol. The van der Waals surface area contributed by atoms with Crippen molar-refractivity contribution in [2.75, 3.05) is 6.61 Å². The van der Waals surface area contributed by atoms with Crippen molar-refractivity contribution in [2.24, 2.45) is 5.73 Å². The number of benzene rings is 2. The lowest BCUT2D eigenvalue weighted by atomic mass is 10.0. The molecule has 5 rings (SSSR count). The molecule has 4 N–H and O–H groups in total. The maximum absolute atomic E-state index is 6.32. The van der Waals surface area contributed by atoms with Crippen molar-refractivity contribution >= 4 is 21.8 Å². The number of fused-ring (bicyclic) bond motifs is 2. The van der Waals surface area contributed by atoms with E-state index in [0.717, 1.165) is 45.4 Å². The number of aromatic amines is 2. The number of nitrogens with zero attached hydrogens (tertiary/aromatic N) is 2. The highest BCUT2D eigenvalue weighted by atomic mass is 16.5. The van der Waals surface area contributed by atoms with Crippen molar-refractivity contribution in [1.29, 1.82) is 0 Å². The monoisotopic (exact) mass is 397 g/mol. The van der Waals surface area contributed by atoms with Gasteiger partial charge >= 0.3 is 0 Å². The van der Waals surface area contributed by atoms with Gasteiger partial charge in [-0.2, -0.15) is 5.10 Å². The number of hydrogen-bond donors (Lipinski definition) is 3. The third kappa shape index (κ3) is 3.65. The number of H-pyrrole nitrogens is 2. The van der Waals surface area contributed by atoms with Crippen LogP contribution in [-0.4, -0.2) is 32.8 Å². The van der Waals surface area contributed by atoms with Crippen LogP contribution in [0.2, 0.25) is 0 Å². The van der Waals surface area contributed by atoms with Crippen LogP contribution in [0.1, 0.15) is 11.4 Å². The smallest absolute Gasteiger partial charge is 0.138 e. The van der Waals surface area contributed by atoms with Gasteiger partial charge in [0.2, 0.25) is 0 Å². The van der Waals surface area contributed by atoms with Crippen LogP contribution in [0.25, 0.3) is 32.9 Å². The zero-order valence-corrected chi connectivity index (χ0v) is 16.7. The third-order valence-electron chi connectivity index (χ3n) is 5.32. The van der Waals surface area contributed by atoms with Crippen molar-refractivity contribution in [2.45, 2.75) is 19.4 Å². The van der Waals surface area contributed by atoms with E-state index in [-0.39, 0.29) is 6.04 Å². The lowest BCUT2D eigenvalue weighted by Crippen LogP contribution is -2.30. The molecule has 0 saturated carbocycles. The molecule has 0 bridgehead atoms. The molecular formula is C24H23N5O. The van der Waals surface area contributed by atoms with Crippen molar-refractivity contribution in [1.82, 2.24) is 20.2 Å². The summed E-state index contributed by atoms with van der Waals surface area (Å²) in [5.74, 6) is 0.712. The molecule has 0 saturated heterocycles. The molecule has 30 heavy (non-hydrogen) atoms. The fourth-order valence-corrected chi connectivity index (χ4v) is 3.76. The van der Waals surface area contributed by atoms with Crippen molar-refractivity contribution in [3.05, 3.63) is 78.4 Å². The van der Waals surface area contributed by atoms with Gasteiger partial charge in [-0.3, -0.25) is 10.1 Å². The van der Waals surface area contributed by atoms with Gasteiger partial charge in [0.25, 0.3) is 0 Å². The summed E-state index contributed by atoms with van der Waals surface area (Å²) in [6.07, 6.45) is 4.28. The number of para-hydroxylation sites is 1. The molecule has 5 aromatic rings. The van der Waals surface area contributed by atoms with Crippen LogP contribution in [0.15, 0.2) is 67.0 Å². The van der Waals surface area contributed by atoms with Crippen molar-refractivity contribution < 1.29 is 4.74 Å². The zero-order chi connectivity index (χ0) is 20.5. The first-order chi connectivity index (χ1) is 14.7. The summed E-state index contributed by atoms with van der Waals surface area (Å²) in [5, 5.41) is 9.61. The number of pyridine rings is 1. The summed E-state index contributed by atoms with van der Waals surface area (Å²) in [7, 11) is 0. The number of rotatable bonds is 6. The first kappa shape index (κ1) is 18.4. The molecule has 6 nitrogen and oxygen atoms in total. The number of ether oxygens (including phenoxy) is 1. The van der Waals surface area contributed by atoms with E-state index in [2.05, 4.69) is 44.4 Å². The Hall–Kier alpha value is -3.64. The molecule has 0 aliphatic rings. The molecule has 0 amide bonds. The minimum Gasteiger partial charge on any atom is -0.490 e. The molecule has 6 heteroatoms. The van der Waals surface area contributed by atoms with Crippen LogP contribution in [0.3, 0.4) is 0 Å². The Bertz CT molecular complexity index is 1290. The summed E-state index contributed by atoms with van der Waals surface area (Å²) in [5.41, 5.74) is 12.6. The predicted octanol–water partition coefficient (Wildman–Crippen LogP) is 4.36. The summed E-state index contributed by atoms with van der Waals surface area (Å²) in [6, 6.07) is 18.4. The van der Waals surface area contributed by atoms with E-state index in [1.54, 1.807) is 6.20 Å². The number of hydrogen-bond acceptors (Lipinski definition) is 4. The Kier molecular flexibility index (Phi) is 4.69. The topological polar surface area (TPSA) is 92.6 Å². The van der Waals surface area contributed by atoms with E-state index in [1.807, 2.05) is 43.5 Å². The average Bonchev–Trinajstić information content (AvgIpc) is 3.35. The molecule has 3 heterocycles. The maximum Gasteiger partial charge on any atom is 0.138 e. The predicted molar refractivity (Wildman–Crippen MR) is 120 cm³/mol. The Labute approximate surface area is 174 Å². The Morgan fingerprint density at radius 3 is 2.83 bits per heavy atom. The fraction of sp³-hybridized carbons (Fsp3) is 0.167. The fourth-order valence-electron chi connectivity index (χ4n) is 3.76. The van der Waals surface area contributed by atoms with Crippen LogP contribution in [0.4, 0.5) is 0 Å². The molecule has 0 radical (unpaired) electrons. The van der Waals surface area contributed by atoms with Crippen LogP contribution in [0, 0.1) is 6.92 Å². The summed E-state index contributed by atoms with van der Waals surface area (Å²) in [6.45, 7) is 2.44. The molecule has 150 valence electrons. The highest BCUT2D eigenvalue weighted by molar-refractivity contribution is 5.86. The van der Waals surface area contributed by atoms with Gasteiger partial charge in [-0.05, 0) is 48.2 Å². The van der Waals surface area contributed by atoms with Gasteiger partial charge in [-0.15, -0.1) is 0 Å². The van der Waals surface area contributed by atoms with Crippen molar-refractivity contribution in [3.8, 4) is 16.9 Å². The largest absolute Gasteiger partial charge is 0.490 e. The molecule has 0 spiro atoms. The molecule has 0 unspecified atom stereocenters. The van der Waals surface area contributed by atoms with E-state index < -0.39 is 0 Å². The van der Waals surface area contributed by atoms with E-state index in [9.17, 15) is 0 Å². The van der Waals surface area contributed by atoms with Gasteiger partial charge < -0.3 is 15.5 Å². The van der Waals surface area contributed by atoms with Crippen LogP contribution in [-0.2, 0) is 6.42 Å². The van der Waals surface area contributed by atoms with E-state index >= 15 is 0 Å². The summed E-state index contributed by atoms with van der Waals surface area (Å²) < 4.78 is 5.95. The minimum absolute atomic E-state index is 0.119. The first-order valence-corrected chi connectivity index (χ1v) is 10.0. The van der Waals surface area contributed by atoms with E-state index in [1.165, 1.54) is 5.39 Å². The normalized spacial score (nSPS) is 12.5. The Morgan fingerprint density at radius 2 is 1.93 bits per heavy atom. The summed E-state index contributed by atoms with van der Waals surface area (Å²) >= 11 is 0. The standard InChI is InChI=1S/C24H23N5O/c1-15-22-10-16(6-7-24(22)29-28-15)18-9-21(13-26-12-18)30-14-19(25)11-20-8-17-4-2-3-5-23(17)27-20/h2-10,12-13,19,27H,11,14,25H2,1H3,(H,28,29)/t19-/m1/s1. The average molecular weight is 397 g/mol. The lowest BCUT2D eigenvalue weighted by Gasteiger charge is -2.13. The van der Waals surface area contributed by atoms with Gasteiger partial charge in [0, 0.05) is 46.5 Å². The molecule has 0 aliphatic carbocycles. The number of aromatic nitrogens is 4. The Balaban J connectivity index is 1.27.